The first-order chi connectivity index (χ1) is 10.7. The Bertz CT molecular complexity index is 496. The van der Waals surface area contributed by atoms with Crippen LogP contribution in [0, 0.1) is 0 Å². The molecule has 25 heavy (non-hydrogen) atoms. The van der Waals surface area contributed by atoms with E-state index in [9.17, 15) is 61.5 Å². The van der Waals surface area contributed by atoms with E-state index < -0.39 is 48.8 Å². The summed E-state index contributed by atoms with van der Waals surface area (Å²) in [5.41, 5.74) is 0. The Morgan fingerprint density at radius 1 is 0.720 bits per heavy atom. The molecule has 0 heterocycles. The van der Waals surface area contributed by atoms with Gasteiger partial charge < -0.3 is 0 Å². The standard InChI is InChI=1S/C9H4F14O2/c1-3(11)5(13,14)25-6(15,8(19,20)21)9(22,23)24-4(12,2-10)7(16,17)18/h1-2H2. The lowest BCUT2D eigenvalue weighted by Gasteiger charge is -2.38. The highest BCUT2D eigenvalue weighted by Crippen LogP contribution is 2.53. The fourth-order valence-corrected chi connectivity index (χ4v) is 0.944. The number of rotatable bonds is 7. The Morgan fingerprint density at radius 2 is 1.12 bits per heavy atom. The van der Waals surface area contributed by atoms with Crippen LogP contribution < -0.4 is 0 Å². The zero-order valence-corrected chi connectivity index (χ0v) is 11.0. The first-order valence-electron chi connectivity index (χ1n) is 5.25. The second-order valence-electron chi connectivity index (χ2n) is 4.10. The van der Waals surface area contributed by atoms with Crippen molar-refractivity contribution in [3.63, 3.8) is 0 Å². The van der Waals surface area contributed by atoms with Crippen molar-refractivity contribution in [2.24, 2.45) is 0 Å². The van der Waals surface area contributed by atoms with Crippen LogP contribution in [0.4, 0.5) is 61.5 Å². The van der Waals surface area contributed by atoms with Gasteiger partial charge in [-0.1, -0.05) is 6.58 Å². The number of hydrogen-bond acceptors (Lipinski definition) is 2. The Balaban J connectivity index is 6.17. The Labute approximate surface area is 128 Å². The largest absolute Gasteiger partial charge is 0.458 e. The highest BCUT2D eigenvalue weighted by Gasteiger charge is 2.80. The Hall–Kier alpha value is -1.32. The van der Waals surface area contributed by atoms with E-state index in [4.69, 9.17) is 0 Å². The third kappa shape index (κ3) is 4.45. The fraction of sp³-hybridized carbons (Fsp3) is 0.778. The minimum Gasteiger partial charge on any atom is -0.267 e. The lowest BCUT2D eigenvalue weighted by atomic mass is 10.2. The average molecular weight is 410 g/mol. The molecule has 2 atom stereocenters. The molecule has 0 aliphatic rings. The zero-order valence-electron chi connectivity index (χ0n) is 11.0. The van der Waals surface area contributed by atoms with Crippen LogP contribution in [-0.4, -0.2) is 43.0 Å². The summed E-state index contributed by atoms with van der Waals surface area (Å²) in [5, 5.41) is 0. The highest BCUT2D eigenvalue weighted by molar-refractivity contribution is 4.97. The lowest BCUT2D eigenvalue weighted by molar-refractivity contribution is -0.527. The van der Waals surface area contributed by atoms with Crippen molar-refractivity contribution in [3.8, 4) is 0 Å². The maximum absolute atomic E-state index is 13.4. The molecule has 0 bridgehead atoms. The third-order valence-electron chi connectivity index (χ3n) is 2.21. The monoisotopic (exact) mass is 410 g/mol. The van der Waals surface area contributed by atoms with Gasteiger partial charge >= 0.3 is 36.3 Å². The molecular weight excluding hydrogens is 406 g/mol. The first kappa shape index (κ1) is 23.7. The molecule has 0 spiro atoms. The summed E-state index contributed by atoms with van der Waals surface area (Å²) in [6.07, 6.45) is -27.5. The molecule has 0 saturated carbocycles. The summed E-state index contributed by atoms with van der Waals surface area (Å²) in [6, 6.07) is 0. The molecule has 0 fully saturated rings. The Kier molecular flexibility index (Phi) is 6.10. The number of alkyl halides is 13. The van der Waals surface area contributed by atoms with Gasteiger partial charge in [0.15, 0.2) is 12.5 Å². The molecule has 0 aromatic heterocycles. The summed E-state index contributed by atoms with van der Waals surface area (Å²) in [4.78, 5) is 0. The molecule has 0 aromatic rings. The van der Waals surface area contributed by atoms with E-state index in [2.05, 4.69) is 0 Å². The van der Waals surface area contributed by atoms with Crippen LogP contribution >= 0.6 is 0 Å². The van der Waals surface area contributed by atoms with Crippen molar-refractivity contribution in [2.75, 3.05) is 6.67 Å². The molecule has 0 rings (SSSR count). The molecule has 2 nitrogen and oxygen atoms in total. The number of hydrogen-bond donors (Lipinski definition) is 0. The van der Waals surface area contributed by atoms with E-state index in [0.717, 1.165) is 0 Å². The molecule has 0 N–H and O–H groups in total. The van der Waals surface area contributed by atoms with Gasteiger partial charge in [0.1, 0.15) is 0 Å². The van der Waals surface area contributed by atoms with Gasteiger partial charge in [-0.05, 0) is 0 Å². The Morgan fingerprint density at radius 3 is 1.36 bits per heavy atom. The fourth-order valence-electron chi connectivity index (χ4n) is 0.944. The number of ether oxygens (including phenoxy) is 2. The van der Waals surface area contributed by atoms with Gasteiger partial charge in [0.2, 0.25) is 0 Å². The van der Waals surface area contributed by atoms with Crippen LogP contribution in [-0.2, 0) is 9.47 Å². The maximum atomic E-state index is 13.4. The molecule has 2 unspecified atom stereocenters. The lowest BCUT2D eigenvalue weighted by Crippen LogP contribution is -2.64. The molecule has 0 radical (unpaired) electrons. The third-order valence-corrected chi connectivity index (χ3v) is 2.21. The molecule has 0 saturated heterocycles. The zero-order chi connectivity index (χ0) is 20.7. The second kappa shape index (κ2) is 6.44. The minimum atomic E-state index is -7.34. The average Bonchev–Trinajstić information content (AvgIpc) is 2.34. The van der Waals surface area contributed by atoms with E-state index >= 15 is 0 Å². The van der Waals surface area contributed by atoms with Gasteiger partial charge in [0, 0.05) is 0 Å². The van der Waals surface area contributed by atoms with Crippen LogP contribution in [0.25, 0.3) is 0 Å². The van der Waals surface area contributed by atoms with E-state index in [1.54, 1.807) is 6.58 Å². The summed E-state index contributed by atoms with van der Waals surface area (Å²) >= 11 is 0. The molecular formula is C9H4F14O2. The maximum Gasteiger partial charge on any atom is 0.458 e. The van der Waals surface area contributed by atoms with Gasteiger partial charge in [0.25, 0.3) is 0 Å². The normalized spacial score (nSPS) is 19.3. The topological polar surface area (TPSA) is 18.5 Å². The van der Waals surface area contributed by atoms with Crippen molar-refractivity contribution in [1.29, 1.82) is 0 Å². The number of halogens is 14. The van der Waals surface area contributed by atoms with Crippen LogP contribution in [0.1, 0.15) is 0 Å². The predicted molar refractivity (Wildman–Crippen MR) is 48.1 cm³/mol. The predicted octanol–water partition coefficient (Wildman–Crippen LogP) is 5.11. The van der Waals surface area contributed by atoms with Crippen molar-refractivity contribution >= 4 is 0 Å². The molecule has 0 amide bonds. The van der Waals surface area contributed by atoms with Gasteiger partial charge in [-0.15, -0.1) is 0 Å². The van der Waals surface area contributed by atoms with E-state index in [1.807, 2.05) is 9.47 Å². The summed E-state index contributed by atoms with van der Waals surface area (Å²) < 4.78 is 179. The van der Waals surface area contributed by atoms with Crippen molar-refractivity contribution in [1.82, 2.24) is 0 Å². The smallest absolute Gasteiger partial charge is 0.267 e. The summed E-state index contributed by atoms with van der Waals surface area (Å²) in [6.45, 7) is -1.99. The highest BCUT2D eigenvalue weighted by atomic mass is 19.4. The SMILES string of the molecule is C=C(F)C(F)(F)OC(F)(C(F)(F)F)C(F)(F)OC(F)(CF)C(F)(F)F. The molecule has 16 heteroatoms. The van der Waals surface area contributed by atoms with Crippen LogP contribution in [0.2, 0.25) is 0 Å². The quantitative estimate of drug-likeness (QED) is 0.543. The second-order valence-corrected chi connectivity index (χ2v) is 4.10. The molecule has 0 aromatic carbocycles. The summed E-state index contributed by atoms with van der Waals surface area (Å²) in [5.74, 6) is -16.8. The van der Waals surface area contributed by atoms with Crippen LogP contribution in [0.3, 0.4) is 0 Å². The first-order valence-corrected chi connectivity index (χ1v) is 5.25. The van der Waals surface area contributed by atoms with Crippen molar-refractivity contribution in [2.45, 2.75) is 36.3 Å². The molecule has 0 aliphatic carbocycles. The van der Waals surface area contributed by atoms with Gasteiger partial charge in [-0.3, -0.25) is 9.47 Å². The van der Waals surface area contributed by atoms with E-state index in [1.165, 1.54) is 0 Å². The van der Waals surface area contributed by atoms with Gasteiger partial charge in [-0.25, -0.2) is 8.78 Å². The van der Waals surface area contributed by atoms with E-state index in [0.29, 0.717) is 0 Å². The van der Waals surface area contributed by atoms with Crippen molar-refractivity contribution < 1.29 is 70.9 Å². The molecule has 0 aliphatic heterocycles. The van der Waals surface area contributed by atoms with Gasteiger partial charge in [0.05, 0.1) is 0 Å². The minimum absolute atomic E-state index is 1.63. The van der Waals surface area contributed by atoms with E-state index in [-0.39, 0.29) is 0 Å². The molecule has 150 valence electrons. The van der Waals surface area contributed by atoms with Crippen LogP contribution in [0.15, 0.2) is 12.4 Å². The van der Waals surface area contributed by atoms with Gasteiger partial charge in [-0.2, -0.15) is 52.7 Å². The van der Waals surface area contributed by atoms with Crippen molar-refractivity contribution in [3.05, 3.63) is 12.4 Å². The van der Waals surface area contributed by atoms with Crippen LogP contribution in [0.5, 0.6) is 0 Å². The summed E-state index contributed by atoms with van der Waals surface area (Å²) in [7, 11) is 0.